The van der Waals surface area contributed by atoms with Crippen molar-refractivity contribution in [2.24, 2.45) is 0 Å². The largest absolute Gasteiger partial charge is 0.308 e. The van der Waals surface area contributed by atoms with Crippen molar-refractivity contribution < 1.29 is 8.42 Å². The number of thiazole rings is 1. The van der Waals surface area contributed by atoms with Crippen LogP contribution in [0.2, 0.25) is 0 Å². The molecular formula is C14H20N2O3S2. The Morgan fingerprint density at radius 3 is 2.38 bits per heavy atom. The van der Waals surface area contributed by atoms with Crippen LogP contribution in [0.1, 0.15) is 33.7 Å². The van der Waals surface area contributed by atoms with Crippen molar-refractivity contribution in [1.82, 2.24) is 8.87 Å². The molecule has 0 aliphatic heterocycles. The van der Waals surface area contributed by atoms with Gasteiger partial charge in [-0.05, 0) is 32.0 Å². The molecule has 1 heterocycles. The predicted molar refractivity (Wildman–Crippen MR) is 86.6 cm³/mol. The summed E-state index contributed by atoms with van der Waals surface area (Å²) in [5.74, 6) is 0. The molecule has 0 saturated carbocycles. The lowest BCUT2D eigenvalue weighted by molar-refractivity contribution is 0.445. The maximum atomic E-state index is 12.5. The highest BCUT2D eigenvalue weighted by Gasteiger charge is 2.22. The van der Waals surface area contributed by atoms with Crippen LogP contribution in [0.25, 0.3) is 10.2 Å². The SMILES string of the molecule is CCN(CC)S(=O)(=O)c1ccc2c(c1)sc(=O)n2C(C)C. The highest BCUT2D eigenvalue weighted by Crippen LogP contribution is 2.25. The predicted octanol–water partition coefficient (Wildman–Crippen LogP) is 2.67. The number of benzene rings is 1. The molecule has 5 nitrogen and oxygen atoms in total. The number of aromatic nitrogens is 1. The van der Waals surface area contributed by atoms with Crippen molar-refractivity contribution in [3.8, 4) is 0 Å². The topological polar surface area (TPSA) is 59.4 Å². The zero-order chi connectivity index (χ0) is 15.8. The first-order chi connectivity index (χ1) is 9.82. The van der Waals surface area contributed by atoms with E-state index in [9.17, 15) is 13.2 Å². The summed E-state index contributed by atoms with van der Waals surface area (Å²) in [5.41, 5.74) is 0.790. The Labute approximate surface area is 128 Å². The van der Waals surface area contributed by atoms with Crippen LogP contribution in [0, 0.1) is 0 Å². The Morgan fingerprint density at radius 2 is 1.86 bits per heavy atom. The summed E-state index contributed by atoms with van der Waals surface area (Å²) in [6, 6.07) is 4.97. The highest BCUT2D eigenvalue weighted by atomic mass is 32.2. The van der Waals surface area contributed by atoms with Gasteiger partial charge < -0.3 is 0 Å². The summed E-state index contributed by atoms with van der Waals surface area (Å²) in [6.07, 6.45) is 0. The molecule has 0 aliphatic carbocycles. The molecule has 0 N–H and O–H groups in total. The first kappa shape index (κ1) is 16.2. The van der Waals surface area contributed by atoms with Gasteiger partial charge in [-0.1, -0.05) is 25.2 Å². The van der Waals surface area contributed by atoms with Crippen molar-refractivity contribution in [1.29, 1.82) is 0 Å². The van der Waals surface area contributed by atoms with E-state index in [0.717, 1.165) is 16.9 Å². The molecule has 0 aliphatic rings. The van der Waals surface area contributed by atoms with E-state index in [-0.39, 0.29) is 15.8 Å². The van der Waals surface area contributed by atoms with Crippen LogP contribution in [0.3, 0.4) is 0 Å². The van der Waals surface area contributed by atoms with E-state index in [4.69, 9.17) is 0 Å². The molecule has 0 bridgehead atoms. The normalized spacial score (nSPS) is 12.7. The number of nitrogens with zero attached hydrogens (tertiary/aromatic N) is 2. The maximum absolute atomic E-state index is 12.5. The molecule has 21 heavy (non-hydrogen) atoms. The summed E-state index contributed by atoms with van der Waals surface area (Å²) in [5, 5.41) is 0. The van der Waals surface area contributed by atoms with E-state index in [1.165, 1.54) is 4.31 Å². The van der Waals surface area contributed by atoms with E-state index in [1.807, 2.05) is 27.7 Å². The Bertz CT molecular complexity index is 799. The van der Waals surface area contributed by atoms with Crippen LogP contribution >= 0.6 is 11.3 Å². The number of sulfonamides is 1. The van der Waals surface area contributed by atoms with Crippen molar-refractivity contribution in [3.63, 3.8) is 0 Å². The zero-order valence-electron chi connectivity index (χ0n) is 12.7. The van der Waals surface area contributed by atoms with Gasteiger partial charge in [0, 0.05) is 19.1 Å². The molecule has 0 fully saturated rings. The van der Waals surface area contributed by atoms with E-state index in [1.54, 1.807) is 22.8 Å². The molecule has 2 aromatic rings. The summed E-state index contributed by atoms with van der Waals surface area (Å²) in [7, 11) is -3.49. The quantitative estimate of drug-likeness (QED) is 0.848. The van der Waals surface area contributed by atoms with Gasteiger partial charge in [-0.25, -0.2) is 8.42 Å². The number of hydrogen-bond acceptors (Lipinski definition) is 4. The first-order valence-corrected chi connectivity index (χ1v) is 9.23. The van der Waals surface area contributed by atoms with Gasteiger partial charge in [0.1, 0.15) is 0 Å². The second-order valence-electron chi connectivity index (χ2n) is 5.05. The standard InChI is InChI=1S/C14H20N2O3S2/c1-5-15(6-2)21(18,19)11-7-8-12-13(9-11)20-14(17)16(12)10(3)4/h7-10H,5-6H2,1-4H3. The third-order valence-corrected chi connectivity index (χ3v) is 6.41. The average molecular weight is 328 g/mol. The Hall–Kier alpha value is -1.18. The van der Waals surface area contributed by atoms with E-state index < -0.39 is 10.0 Å². The summed E-state index contributed by atoms with van der Waals surface area (Å²) in [6.45, 7) is 8.36. The molecule has 2 rings (SSSR count). The number of fused-ring (bicyclic) bond motifs is 1. The van der Waals surface area contributed by atoms with Crippen LogP contribution in [-0.4, -0.2) is 30.4 Å². The van der Waals surface area contributed by atoms with Crippen LogP contribution < -0.4 is 4.87 Å². The smallest absolute Gasteiger partial charge is 0.296 e. The van der Waals surface area contributed by atoms with Gasteiger partial charge in [0.2, 0.25) is 10.0 Å². The molecule has 0 amide bonds. The molecule has 1 aromatic heterocycles. The van der Waals surface area contributed by atoms with Gasteiger partial charge >= 0.3 is 4.87 Å². The molecule has 116 valence electrons. The molecule has 0 atom stereocenters. The summed E-state index contributed by atoms with van der Waals surface area (Å²) < 4.78 is 28.8. The van der Waals surface area contributed by atoms with Crippen molar-refractivity contribution >= 4 is 31.6 Å². The fourth-order valence-corrected chi connectivity index (χ4v) is 4.99. The second kappa shape index (κ2) is 5.90. The second-order valence-corrected chi connectivity index (χ2v) is 7.98. The van der Waals surface area contributed by atoms with Gasteiger partial charge in [0.25, 0.3) is 0 Å². The maximum Gasteiger partial charge on any atom is 0.308 e. The molecular weight excluding hydrogens is 308 g/mol. The van der Waals surface area contributed by atoms with Gasteiger partial charge in [-0.3, -0.25) is 9.36 Å². The van der Waals surface area contributed by atoms with Crippen molar-refractivity contribution in [2.75, 3.05) is 13.1 Å². The van der Waals surface area contributed by atoms with Crippen LogP contribution in [0.15, 0.2) is 27.9 Å². The van der Waals surface area contributed by atoms with E-state index in [2.05, 4.69) is 0 Å². The number of rotatable bonds is 5. The molecule has 0 saturated heterocycles. The van der Waals surface area contributed by atoms with Gasteiger partial charge in [-0.15, -0.1) is 0 Å². The lowest BCUT2D eigenvalue weighted by Crippen LogP contribution is -2.30. The zero-order valence-corrected chi connectivity index (χ0v) is 14.3. The van der Waals surface area contributed by atoms with Crippen molar-refractivity contribution in [3.05, 3.63) is 27.9 Å². The first-order valence-electron chi connectivity index (χ1n) is 6.98. The fourth-order valence-electron chi connectivity index (χ4n) is 2.38. The fraction of sp³-hybridized carbons (Fsp3) is 0.500. The molecule has 0 unspecified atom stereocenters. The van der Waals surface area contributed by atoms with E-state index in [0.29, 0.717) is 17.8 Å². The summed E-state index contributed by atoms with van der Waals surface area (Å²) in [4.78, 5) is 12.2. The Kier molecular flexibility index (Phi) is 4.55. The Morgan fingerprint density at radius 1 is 1.24 bits per heavy atom. The van der Waals surface area contributed by atoms with Crippen LogP contribution in [-0.2, 0) is 10.0 Å². The summed E-state index contributed by atoms with van der Waals surface area (Å²) >= 11 is 1.09. The van der Waals surface area contributed by atoms with Crippen molar-refractivity contribution in [2.45, 2.75) is 38.6 Å². The number of hydrogen-bond donors (Lipinski definition) is 0. The molecule has 0 spiro atoms. The highest BCUT2D eigenvalue weighted by molar-refractivity contribution is 7.89. The van der Waals surface area contributed by atoms with Crippen LogP contribution in [0.4, 0.5) is 0 Å². The third kappa shape index (κ3) is 2.77. The van der Waals surface area contributed by atoms with Gasteiger partial charge in [0.15, 0.2) is 0 Å². The van der Waals surface area contributed by atoms with Gasteiger partial charge in [0.05, 0.1) is 15.1 Å². The van der Waals surface area contributed by atoms with Gasteiger partial charge in [-0.2, -0.15) is 4.31 Å². The minimum atomic E-state index is -3.49. The lowest BCUT2D eigenvalue weighted by atomic mass is 10.3. The minimum absolute atomic E-state index is 0.0523. The lowest BCUT2D eigenvalue weighted by Gasteiger charge is -2.18. The van der Waals surface area contributed by atoms with E-state index >= 15 is 0 Å². The third-order valence-electron chi connectivity index (χ3n) is 3.44. The average Bonchev–Trinajstić information content (AvgIpc) is 2.74. The van der Waals surface area contributed by atoms with Crippen LogP contribution in [0.5, 0.6) is 0 Å². The minimum Gasteiger partial charge on any atom is -0.296 e. The molecule has 7 heteroatoms. The molecule has 0 radical (unpaired) electrons. The Balaban J connectivity index is 2.62. The monoisotopic (exact) mass is 328 g/mol. The molecule has 1 aromatic carbocycles.